The number of nitrogens with one attached hydrogen (secondary N) is 2. The minimum atomic E-state index is -4.74. The van der Waals surface area contributed by atoms with E-state index >= 15 is 0 Å². The largest absolute Gasteiger partial charge is 0.494 e. The van der Waals surface area contributed by atoms with Gasteiger partial charge in [0.2, 0.25) is 11.8 Å². The Hall–Kier alpha value is -3.79. The standard InChI is InChI=1S/C36H44F3IN4O10/c1-22-31(46)32(47)33(54-30-5-2-4-28(44-30)36(37,38)39)34(52-22)35(48)43-15-17-49-18-19-50-21-29(45)42-14-3-16-51-24-7-9-25(10-8-24)53-27-11-6-23(12-13-41)20-26(27)40/h2,4-11,20,22,31-34,46-47H,3,12-19,21,41H2,1H3,(H,42,45)(H,43,48)/t22-,31+,32+,33-,34+/m1/s1. The molecule has 1 aliphatic heterocycles. The number of carbonyl (C=O) groups excluding carboxylic acids is 2. The Morgan fingerprint density at radius 3 is 2.41 bits per heavy atom. The van der Waals surface area contributed by atoms with Crippen molar-refractivity contribution in [3.63, 3.8) is 0 Å². The summed E-state index contributed by atoms with van der Waals surface area (Å²) in [4.78, 5) is 28.3. The van der Waals surface area contributed by atoms with Crippen LogP contribution >= 0.6 is 22.6 Å². The van der Waals surface area contributed by atoms with Gasteiger partial charge in [-0.2, -0.15) is 13.2 Å². The van der Waals surface area contributed by atoms with Crippen molar-refractivity contribution in [3.8, 4) is 23.1 Å². The van der Waals surface area contributed by atoms with Gasteiger partial charge in [0.25, 0.3) is 5.91 Å². The Labute approximate surface area is 323 Å². The molecule has 1 aliphatic rings. The zero-order chi connectivity index (χ0) is 39.1. The normalized spacial score (nSPS) is 19.9. The quantitative estimate of drug-likeness (QED) is 0.0825. The average molecular weight is 877 g/mol. The second kappa shape index (κ2) is 21.3. The Morgan fingerprint density at radius 2 is 1.69 bits per heavy atom. The number of pyridine rings is 1. The van der Waals surface area contributed by atoms with Gasteiger partial charge in [0, 0.05) is 19.2 Å². The molecule has 296 valence electrons. The number of aliphatic hydroxyl groups is 2. The third kappa shape index (κ3) is 13.5. The van der Waals surface area contributed by atoms with Crippen LogP contribution in [0, 0.1) is 3.57 Å². The molecule has 3 aromatic rings. The number of amides is 2. The van der Waals surface area contributed by atoms with Gasteiger partial charge in [0.05, 0.1) is 36.1 Å². The topological polar surface area (TPSA) is 193 Å². The molecule has 6 N–H and O–H groups in total. The van der Waals surface area contributed by atoms with E-state index < -0.39 is 54.2 Å². The van der Waals surface area contributed by atoms with Gasteiger partial charge in [-0.1, -0.05) is 12.1 Å². The van der Waals surface area contributed by atoms with Gasteiger partial charge in [0.1, 0.15) is 41.8 Å². The molecule has 2 amide bonds. The van der Waals surface area contributed by atoms with Crippen LogP contribution in [-0.4, -0.2) is 110 Å². The van der Waals surface area contributed by atoms with Crippen molar-refractivity contribution in [1.82, 2.24) is 15.6 Å². The van der Waals surface area contributed by atoms with Gasteiger partial charge in [-0.15, -0.1) is 0 Å². The lowest BCUT2D eigenvalue weighted by molar-refractivity contribution is -0.211. The van der Waals surface area contributed by atoms with Crippen LogP contribution in [0.4, 0.5) is 13.2 Å². The molecule has 2 aromatic carbocycles. The number of aromatic nitrogens is 1. The van der Waals surface area contributed by atoms with Crippen LogP contribution in [0.5, 0.6) is 23.1 Å². The summed E-state index contributed by atoms with van der Waals surface area (Å²) in [5, 5.41) is 26.1. The third-order valence-corrected chi connectivity index (χ3v) is 8.74. The van der Waals surface area contributed by atoms with Gasteiger partial charge in [-0.05, 0) is 96.9 Å². The Bertz CT molecular complexity index is 1640. The molecule has 5 atom stereocenters. The number of ether oxygens (including phenoxy) is 6. The molecule has 0 bridgehead atoms. The first-order valence-corrected chi connectivity index (χ1v) is 18.2. The average Bonchev–Trinajstić information content (AvgIpc) is 3.14. The lowest BCUT2D eigenvalue weighted by Gasteiger charge is -2.40. The van der Waals surface area contributed by atoms with Crippen molar-refractivity contribution in [2.45, 2.75) is 56.5 Å². The van der Waals surface area contributed by atoms with Crippen LogP contribution in [-0.2, 0) is 36.4 Å². The first kappa shape index (κ1) is 42.9. The van der Waals surface area contributed by atoms with Gasteiger partial charge in [-0.25, -0.2) is 4.98 Å². The maximum atomic E-state index is 13.1. The third-order valence-electron chi connectivity index (χ3n) is 7.90. The van der Waals surface area contributed by atoms with Crippen LogP contribution in [0.25, 0.3) is 0 Å². The number of alkyl halides is 3. The smallest absolute Gasteiger partial charge is 0.433 e. The molecule has 0 unspecified atom stereocenters. The summed E-state index contributed by atoms with van der Waals surface area (Å²) in [6.07, 6.45) is -10.5. The number of nitrogens with two attached hydrogens (primary N) is 1. The minimum absolute atomic E-state index is 0.00447. The molecule has 54 heavy (non-hydrogen) atoms. The van der Waals surface area contributed by atoms with E-state index in [0.717, 1.165) is 39.5 Å². The fourth-order valence-corrected chi connectivity index (χ4v) is 5.80. The molecule has 18 heteroatoms. The lowest BCUT2D eigenvalue weighted by atomic mass is 9.95. The molecular weight excluding hydrogens is 832 g/mol. The SMILES string of the molecule is C[C@H]1O[C@H](C(=O)NCCOCCOCC(=O)NCCCOc2ccc(Oc3ccc(CCN)cc3I)cc2)[C@H](Oc2cccc(C(F)(F)F)n2)[C@@H](O)[C@H]1O. The van der Waals surface area contributed by atoms with Crippen LogP contribution in [0.3, 0.4) is 0 Å². The number of carbonyl (C=O) groups is 2. The number of nitrogens with zero attached hydrogens (tertiary/aromatic N) is 1. The van der Waals surface area contributed by atoms with Crippen LogP contribution in [0.1, 0.15) is 24.6 Å². The van der Waals surface area contributed by atoms with Crippen molar-refractivity contribution in [3.05, 3.63) is 75.5 Å². The molecule has 0 aliphatic carbocycles. The Balaban J connectivity index is 1.05. The number of benzene rings is 2. The predicted molar refractivity (Wildman–Crippen MR) is 196 cm³/mol. The van der Waals surface area contributed by atoms with E-state index in [1.54, 1.807) is 0 Å². The van der Waals surface area contributed by atoms with Gasteiger partial charge in [-0.3, -0.25) is 9.59 Å². The van der Waals surface area contributed by atoms with E-state index in [4.69, 9.17) is 34.2 Å². The number of hydrogen-bond donors (Lipinski definition) is 5. The molecule has 14 nitrogen and oxygen atoms in total. The second-order valence-electron chi connectivity index (χ2n) is 12.1. The van der Waals surface area contributed by atoms with E-state index in [1.165, 1.54) is 6.92 Å². The maximum absolute atomic E-state index is 13.1. The predicted octanol–water partition coefficient (Wildman–Crippen LogP) is 2.99. The number of aliphatic hydroxyl groups excluding tert-OH is 2. The Morgan fingerprint density at radius 1 is 0.944 bits per heavy atom. The van der Waals surface area contributed by atoms with Gasteiger partial charge in [0.15, 0.2) is 12.2 Å². The zero-order valence-electron chi connectivity index (χ0n) is 29.4. The van der Waals surface area contributed by atoms with Crippen molar-refractivity contribution in [2.24, 2.45) is 5.73 Å². The van der Waals surface area contributed by atoms with E-state index in [-0.39, 0.29) is 38.9 Å². The number of rotatable bonds is 20. The second-order valence-corrected chi connectivity index (χ2v) is 13.2. The molecule has 1 fully saturated rings. The molecule has 0 radical (unpaired) electrons. The molecule has 1 saturated heterocycles. The number of hydrogen-bond acceptors (Lipinski definition) is 12. The fourth-order valence-electron chi connectivity index (χ4n) is 5.11. The van der Waals surface area contributed by atoms with E-state index in [1.807, 2.05) is 36.4 Å². The van der Waals surface area contributed by atoms with Crippen LogP contribution in [0.15, 0.2) is 60.7 Å². The first-order chi connectivity index (χ1) is 25.8. The summed E-state index contributed by atoms with van der Waals surface area (Å²) in [7, 11) is 0. The van der Waals surface area contributed by atoms with E-state index in [9.17, 15) is 33.0 Å². The maximum Gasteiger partial charge on any atom is 0.433 e. The summed E-state index contributed by atoms with van der Waals surface area (Å²) >= 11 is 2.24. The number of halogens is 4. The van der Waals surface area contributed by atoms with Gasteiger partial charge < -0.3 is 55.0 Å². The van der Waals surface area contributed by atoms with Crippen molar-refractivity contribution in [2.75, 3.05) is 52.7 Å². The lowest BCUT2D eigenvalue weighted by Crippen LogP contribution is -2.63. The highest BCUT2D eigenvalue weighted by Crippen LogP contribution is 2.31. The van der Waals surface area contributed by atoms with Crippen molar-refractivity contribution >= 4 is 34.4 Å². The van der Waals surface area contributed by atoms with Crippen molar-refractivity contribution in [1.29, 1.82) is 0 Å². The van der Waals surface area contributed by atoms with E-state index in [2.05, 4.69) is 44.3 Å². The highest BCUT2D eigenvalue weighted by molar-refractivity contribution is 14.1. The van der Waals surface area contributed by atoms with E-state index in [0.29, 0.717) is 37.6 Å². The molecular formula is C36H44F3IN4O10. The molecule has 1 aromatic heterocycles. The zero-order valence-corrected chi connectivity index (χ0v) is 31.6. The Kier molecular flexibility index (Phi) is 17.0. The summed E-state index contributed by atoms with van der Waals surface area (Å²) < 4.78 is 73.7. The van der Waals surface area contributed by atoms with Gasteiger partial charge >= 0.3 is 6.18 Å². The summed E-state index contributed by atoms with van der Waals surface area (Å²) in [6.45, 7) is 2.90. The monoisotopic (exact) mass is 876 g/mol. The highest BCUT2D eigenvalue weighted by Gasteiger charge is 2.48. The fraction of sp³-hybridized carbons (Fsp3) is 0.472. The molecule has 4 rings (SSSR count). The minimum Gasteiger partial charge on any atom is -0.494 e. The summed E-state index contributed by atoms with van der Waals surface area (Å²) in [6, 6.07) is 16.2. The molecule has 2 heterocycles. The molecule has 0 spiro atoms. The summed E-state index contributed by atoms with van der Waals surface area (Å²) in [5.74, 6) is 0.549. The summed E-state index contributed by atoms with van der Waals surface area (Å²) in [5.41, 5.74) is 5.56. The van der Waals surface area contributed by atoms with Crippen molar-refractivity contribution < 1.29 is 61.4 Å². The van der Waals surface area contributed by atoms with Crippen LogP contribution < -0.4 is 30.6 Å². The highest BCUT2D eigenvalue weighted by atomic mass is 127. The van der Waals surface area contributed by atoms with Crippen LogP contribution in [0.2, 0.25) is 0 Å². The molecule has 0 saturated carbocycles. The first-order valence-electron chi connectivity index (χ1n) is 17.2.